The molecule has 0 aromatic carbocycles. The molecule has 2 N–H and O–H groups in total. The molecule has 0 bridgehead atoms. The average molecular weight is 913 g/mol. The van der Waals surface area contributed by atoms with Gasteiger partial charge in [0.05, 0.1) is 39.9 Å². The Hall–Kier alpha value is -0.760. The molecule has 3 atom stereocenters. The summed E-state index contributed by atoms with van der Waals surface area (Å²) in [5.74, 6) is -0.193. The van der Waals surface area contributed by atoms with E-state index < -0.39 is 20.0 Å². The number of nitrogens with one attached hydrogen (secondary N) is 1. The van der Waals surface area contributed by atoms with E-state index in [9.17, 15) is 19.4 Å². The molecule has 9 heteroatoms. The average Bonchev–Trinajstić information content (AvgIpc) is 3.24. The SMILES string of the molecule is CCCCCCCCCCCCCCCCCCCCCCCCCCCC/C=C/C(O)C(COP(=O)([O-])OCC[N+](C)(C)C)NC(=O)CCCCCCCCCCCCCCC. The number of amides is 1. The third-order valence-electron chi connectivity index (χ3n) is 12.7. The van der Waals surface area contributed by atoms with Crippen LogP contribution in [-0.2, 0) is 18.4 Å². The quantitative estimate of drug-likeness (QED) is 0.0272. The zero-order chi connectivity index (χ0) is 46.4. The molecule has 0 spiro atoms. The minimum atomic E-state index is -4.59. The van der Waals surface area contributed by atoms with Crippen LogP contribution in [0, 0.1) is 0 Å². The Kier molecular flexibility index (Phi) is 45.8. The Labute approximate surface area is 392 Å². The minimum absolute atomic E-state index is 0.00242. The normalized spacial score (nSPS) is 14.1. The summed E-state index contributed by atoms with van der Waals surface area (Å²) in [6, 6.07) is -0.881. The summed E-state index contributed by atoms with van der Waals surface area (Å²) in [5, 5.41) is 13.9. The van der Waals surface area contributed by atoms with Gasteiger partial charge in [-0.2, -0.15) is 0 Å². The van der Waals surface area contributed by atoms with E-state index in [2.05, 4.69) is 19.2 Å². The van der Waals surface area contributed by atoms with E-state index in [4.69, 9.17) is 9.05 Å². The van der Waals surface area contributed by atoms with Gasteiger partial charge in [-0.05, 0) is 19.3 Å². The van der Waals surface area contributed by atoms with Crippen LogP contribution in [0.1, 0.15) is 277 Å². The predicted molar refractivity (Wildman–Crippen MR) is 270 cm³/mol. The molecule has 0 aliphatic heterocycles. The second-order valence-corrected chi connectivity index (χ2v) is 21.7. The van der Waals surface area contributed by atoms with Gasteiger partial charge in [0, 0.05) is 6.42 Å². The van der Waals surface area contributed by atoms with Gasteiger partial charge in [-0.25, -0.2) is 0 Å². The lowest BCUT2D eigenvalue weighted by molar-refractivity contribution is -0.870. The molecule has 0 aromatic rings. The molecule has 0 heterocycles. The zero-order valence-corrected chi connectivity index (χ0v) is 43.7. The van der Waals surface area contributed by atoms with Gasteiger partial charge >= 0.3 is 0 Å². The summed E-state index contributed by atoms with van der Waals surface area (Å²) >= 11 is 0. The molecule has 8 nitrogen and oxygen atoms in total. The number of aliphatic hydroxyl groups is 1. The van der Waals surface area contributed by atoms with Gasteiger partial charge in [0.15, 0.2) is 0 Å². The number of phosphoric ester groups is 1. The smallest absolute Gasteiger partial charge is 0.268 e. The Balaban J connectivity index is 4.11. The van der Waals surface area contributed by atoms with Crippen LogP contribution < -0.4 is 10.2 Å². The third-order valence-corrected chi connectivity index (χ3v) is 13.7. The highest BCUT2D eigenvalue weighted by atomic mass is 31.2. The number of likely N-dealkylation sites (N-methyl/N-ethyl adjacent to an activating group) is 1. The number of aliphatic hydroxyl groups excluding tert-OH is 1. The van der Waals surface area contributed by atoms with E-state index in [0.29, 0.717) is 17.4 Å². The highest BCUT2D eigenvalue weighted by molar-refractivity contribution is 7.45. The van der Waals surface area contributed by atoms with Crippen molar-refractivity contribution in [2.75, 3.05) is 40.9 Å². The first-order valence-electron chi connectivity index (χ1n) is 27.6. The Morgan fingerprint density at radius 1 is 0.540 bits per heavy atom. The topological polar surface area (TPSA) is 108 Å². The fraction of sp³-hybridized carbons (Fsp3) is 0.944. The minimum Gasteiger partial charge on any atom is -0.756 e. The molecule has 0 aliphatic carbocycles. The number of quaternary nitrogens is 1. The van der Waals surface area contributed by atoms with Crippen molar-refractivity contribution in [2.45, 2.75) is 289 Å². The van der Waals surface area contributed by atoms with Crippen molar-refractivity contribution in [3.63, 3.8) is 0 Å². The van der Waals surface area contributed by atoms with Gasteiger partial charge in [0.25, 0.3) is 7.82 Å². The number of hydrogen-bond acceptors (Lipinski definition) is 6. The van der Waals surface area contributed by atoms with E-state index >= 15 is 0 Å². The Bertz CT molecular complexity index is 1040. The number of rotatable bonds is 51. The van der Waals surface area contributed by atoms with Crippen molar-refractivity contribution < 1.29 is 32.9 Å². The van der Waals surface area contributed by atoms with Gasteiger partial charge in [0.1, 0.15) is 13.2 Å². The van der Waals surface area contributed by atoms with Crippen molar-refractivity contribution in [1.29, 1.82) is 0 Å². The highest BCUT2D eigenvalue weighted by Crippen LogP contribution is 2.38. The molecule has 376 valence electrons. The molecule has 0 saturated carbocycles. The second-order valence-electron chi connectivity index (χ2n) is 20.3. The Morgan fingerprint density at radius 3 is 1.19 bits per heavy atom. The van der Waals surface area contributed by atoms with E-state index in [1.54, 1.807) is 6.08 Å². The summed E-state index contributed by atoms with van der Waals surface area (Å²) in [4.78, 5) is 25.4. The number of carbonyl (C=O) groups is 1. The largest absolute Gasteiger partial charge is 0.756 e. The molecular weight excluding hydrogens is 804 g/mol. The van der Waals surface area contributed by atoms with E-state index in [0.717, 1.165) is 38.5 Å². The van der Waals surface area contributed by atoms with Crippen LogP contribution in [0.2, 0.25) is 0 Å². The lowest BCUT2D eigenvalue weighted by atomic mass is 10.0. The maximum atomic E-state index is 12.9. The van der Waals surface area contributed by atoms with Gasteiger partial charge in [-0.1, -0.05) is 264 Å². The number of nitrogens with zero attached hydrogens (tertiary/aromatic N) is 1. The highest BCUT2D eigenvalue weighted by Gasteiger charge is 2.23. The molecule has 0 aromatic heterocycles. The summed E-state index contributed by atoms with van der Waals surface area (Å²) < 4.78 is 23.3. The zero-order valence-electron chi connectivity index (χ0n) is 42.8. The molecule has 0 saturated heterocycles. The van der Waals surface area contributed by atoms with Crippen LogP contribution in [0.25, 0.3) is 0 Å². The number of hydrogen-bond donors (Lipinski definition) is 2. The number of unbranched alkanes of at least 4 members (excludes halogenated alkanes) is 38. The Morgan fingerprint density at radius 2 is 0.857 bits per heavy atom. The summed E-state index contributed by atoms with van der Waals surface area (Å²) in [6.45, 7) is 4.68. The van der Waals surface area contributed by atoms with Crippen molar-refractivity contribution in [3.8, 4) is 0 Å². The van der Waals surface area contributed by atoms with Crippen LogP contribution in [0.5, 0.6) is 0 Å². The van der Waals surface area contributed by atoms with E-state index in [1.807, 2.05) is 27.2 Å². The summed E-state index contributed by atoms with van der Waals surface area (Å²) in [7, 11) is 1.28. The van der Waals surface area contributed by atoms with Crippen molar-refractivity contribution in [3.05, 3.63) is 12.2 Å². The van der Waals surface area contributed by atoms with Crippen molar-refractivity contribution >= 4 is 13.7 Å². The first kappa shape index (κ1) is 62.2. The first-order chi connectivity index (χ1) is 30.5. The van der Waals surface area contributed by atoms with Crippen LogP contribution in [0.15, 0.2) is 12.2 Å². The summed E-state index contributed by atoms with van der Waals surface area (Å²) in [6.07, 6.45) is 55.7. The van der Waals surface area contributed by atoms with E-state index in [-0.39, 0.29) is 19.1 Å². The molecule has 0 aliphatic rings. The number of allylic oxidation sites excluding steroid dienone is 1. The standard InChI is InChI=1S/C54H109N2O6P/c1-6-8-10-12-14-16-18-20-21-22-23-24-25-26-27-28-29-30-31-32-33-34-36-37-39-41-43-45-47-53(57)52(51-62-63(59,60)61-50-49-56(3,4)5)55-54(58)48-46-44-42-40-38-35-19-17-15-13-11-9-7-2/h45,47,52-53,57H,6-44,46,48-51H2,1-5H3,(H-,55,58,59,60)/b47-45+. The van der Waals surface area contributed by atoms with Gasteiger partial charge in [0.2, 0.25) is 5.91 Å². The van der Waals surface area contributed by atoms with Gasteiger partial charge in [-0.3, -0.25) is 9.36 Å². The van der Waals surface area contributed by atoms with Crippen LogP contribution in [0.3, 0.4) is 0 Å². The fourth-order valence-electron chi connectivity index (χ4n) is 8.39. The molecule has 63 heavy (non-hydrogen) atoms. The maximum Gasteiger partial charge on any atom is 0.268 e. The van der Waals surface area contributed by atoms with Crippen molar-refractivity contribution in [2.24, 2.45) is 0 Å². The van der Waals surface area contributed by atoms with Crippen LogP contribution >= 0.6 is 7.82 Å². The lowest BCUT2D eigenvalue weighted by Crippen LogP contribution is -2.45. The molecule has 1 amide bonds. The van der Waals surface area contributed by atoms with Crippen LogP contribution in [0.4, 0.5) is 0 Å². The van der Waals surface area contributed by atoms with E-state index in [1.165, 1.54) is 218 Å². The van der Waals surface area contributed by atoms with Gasteiger partial charge < -0.3 is 28.8 Å². The van der Waals surface area contributed by atoms with Gasteiger partial charge in [-0.15, -0.1) is 0 Å². The molecule has 0 radical (unpaired) electrons. The molecular formula is C54H109N2O6P. The number of carbonyl (C=O) groups excluding carboxylic acids is 1. The number of phosphoric acid groups is 1. The summed E-state index contributed by atoms with van der Waals surface area (Å²) in [5.41, 5.74) is 0. The molecule has 0 rings (SSSR count). The van der Waals surface area contributed by atoms with Crippen LogP contribution in [-0.4, -0.2) is 68.5 Å². The second kappa shape index (κ2) is 46.4. The van der Waals surface area contributed by atoms with Crippen molar-refractivity contribution in [1.82, 2.24) is 5.32 Å². The molecule has 0 fully saturated rings. The maximum absolute atomic E-state index is 12.9. The monoisotopic (exact) mass is 913 g/mol. The third kappa shape index (κ3) is 49.0. The predicted octanol–water partition coefficient (Wildman–Crippen LogP) is 15.6. The lowest BCUT2D eigenvalue weighted by Gasteiger charge is -2.29. The first-order valence-corrected chi connectivity index (χ1v) is 29.0. The molecule has 3 unspecified atom stereocenters. The fourth-order valence-corrected chi connectivity index (χ4v) is 9.11.